The Kier molecular flexibility index (Phi) is 9.00. The first-order chi connectivity index (χ1) is 17.7. The molecule has 9 heteroatoms. The van der Waals surface area contributed by atoms with E-state index in [1.165, 1.54) is 6.08 Å². The number of halogens is 2. The van der Waals surface area contributed by atoms with Crippen LogP contribution in [0, 0.1) is 26.2 Å². The number of benzene rings is 1. The maximum absolute atomic E-state index is 12.9. The summed E-state index contributed by atoms with van der Waals surface area (Å²) in [5.74, 6) is -0.719. The van der Waals surface area contributed by atoms with Gasteiger partial charge in [-0.05, 0) is 68.6 Å². The number of carbonyl (C=O) groups is 3. The average molecular weight is 534 g/mol. The Bertz CT molecular complexity index is 1130. The molecule has 0 bridgehead atoms. The standard InChI is InChI=1S/C23H30O4.C6H7F2NO2/c1-14-11-15(2)18(16(3)12-14)19-20(26-17(24)13-22(4,5)6)23(27-21(19)25)9-7-8-10-23;7-5(8)2-9-4-1-6(10)11-3-4/h11-12H,7-10,13H2,1-6H3;1,5,9H,2-3H2. The summed E-state index contributed by atoms with van der Waals surface area (Å²) < 4.78 is 39.4. The predicted octanol–water partition coefficient (Wildman–Crippen LogP) is 5.45. The lowest BCUT2D eigenvalue weighted by molar-refractivity contribution is -0.153. The molecule has 1 fully saturated rings. The quantitative estimate of drug-likeness (QED) is 0.384. The zero-order valence-corrected chi connectivity index (χ0v) is 23.0. The molecule has 1 aromatic rings. The Morgan fingerprint density at radius 3 is 2.21 bits per heavy atom. The van der Waals surface area contributed by atoms with Gasteiger partial charge in [-0.3, -0.25) is 4.79 Å². The lowest BCUT2D eigenvalue weighted by Crippen LogP contribution is -2.31. The van der Waals surface area contributed by atoms with Crippen molar-refractivity contribution in [1.82, 2.24) is 5.32 Å². The van der Waals surface area contributed by atoms with Gasteiger partial charge in [0.05, 0.1) is 18.7 Å². The van der Waals surface area contributed by atoms with Gasteiger partial charge in [-0.2, -0.15) is 0 Å². The molecule has 3 aliphatic rings. The van der Waals surface area contributed by atoms with Gasteiger partial charge in [0.15, 0.2) is 11.4 Å². The molecule has 0 atom stereocenters. The number of hydrogen-bond acceptors (Lipinski definition) is 7. The highest BCUT2D eigenvalue weighted by Crippen LogP contribution is 2.49. The van der Waals surface area contributed by atoms with E-state index in [9.17, 15) is 23.2 Å². The fraction of sp³-hybridized carbons (Fsp3) is 0.552. The Morgan fingerprint density at radius 2 is 1.71 bits per heavy atom. The van der Waals surface area contributed by atoms with E-state index in [0.29, 0.717) is 36.3 Å². The molecule has 1 saturated carbocycles. The molecule has 208 valence electrons. The van der Waals surface area contributed by atoms with Crippen molar-refractivity contribution in [2.75, 3.05) is 13.2 Å². The lowest BCUT2D eigenvalue weighted by atomic mass is 9.89. The van der Waals surface area contributed by atoms with Crippen molar-refractivity contribution in [3.05, 3.63) is 51.9 Å². The van der Waals surface area contributed by atoms with E-state index in [2.05, 4.69) is 22.2 Å². The van der Waals surface area contributed by atoms with Crippen LogP contribution in [0.3, 0.4) is 0 Å². The van der Waals surface area contributed by atoms with Gasteiger partial charge >= 0.3 is 17.9 Å². The van der Waals surface area contributed by atoms with E-state index in [-0.39, 0.29) is 24.0 Å². The second kappa shape index (κ2) is 11.7. The van der Waals surface area contributed by atoms with Crippen molar-refractivity contribution in [1.29, 1.82) is 0 Å². The number of nitrogens with one attached hydrogen (secondary N) is 1. The van der Waals surface area contributed by atoms with Crippen LogP contribution in [0.15, 0.2) is 29.7 Å². The molecule has 4 rings (SSSR count). The average Bonchev–Trinajstić information content (AvgIpc) is 3.47. The number of alkyl halides is 2. The zero-order valence-electron chi connectivity index (χ0n) is 23.0. The molecule has 1 aromatic carbocycles. The minimum atomic E-state index is -2.41. The van der Waals surface area contributed by atoms with Crippen molar-refractivity contribution in [3.63, 3.8) is 0 Å². The largest absolute Gasteiger partial charge is 0.456 e. The third-order valence-corrected chi connectivity index (χ3v) is 6.51. The Balaban J connectivity index is 0.000000304. The Labute approximate surface area is 222 Å². The number of cyclic esters (lactones) is 1. The lowest BCUT2D eigenvalue weighted by Gasteiger charge is -2.26. The maximum atomic E-state index is 12.9. The summed E-state index contributed by atoms with van der Waals surface area (Å²) >= 11 is 0. The molecule has 0 aromatic heterocycles. The molecule has 0 saturated heterocycles. The topological polar surface area (TPSA) is 90.9 Å². The summed E-state index contributed by atoms with van der Waals surface area (Å²) in [5, 5.41) is 2.38. The molecular weight excluding hydrogens is 496 g/mol. The van der Waals surface area contributed by atoms with E-state index in [4.69, 9.17) is 9.47 Å². The fourth-order valence-electron chi connectivity index (χ4n) is 5.07. The highest BCUT2D eigenvalue weighted by molar-refractivity contribution is 6.21. The molecule has 1 N–H and O–H groups in total. The van der Waals surface area contributed by atoms with E-state index < -0.39 is 24.5 Å². The van der Waals surface area contributed by atoms with Crippen molar-refractivity contribution in [2.45, 2.75) is 85.7 Å². The summed E-state index contributed by atoms with van der Waals surface area (Å²) in [6.07, 6.45) is 2.41. The highest BCUT2D eigenvalue weighted by Gasteiger charge is 2.52. The van der Waals surface area contributed by atoms with E-state index in [0.717, 1.165) is 35.1 Å². The molecule has 0 amide bonds. The summed E-state index contributed by atoms with van der Waals surface area (Å²) in [5.41, 5.74) is 3.88. The maximum Gasteiger partial charge on any atom is 0.343 e. The van der Waals surface area contributed by atoms with Gasteiger partial charge in [0, 0.05) is 6.08 Å². The number of hydrogen-bond donors (Lipinski definition) is 1. The van der Waals surface area contributed by atoms with Crippen LogP contribution < -0.4 is 5.32 Å². The minimum Gasteiger partial charge on any atom is -0.456 e. The molecule has 7 nitrogen and oxygen atoms in total. The second-order valence-electron chi connectivity index (χ2n) is 11.3. The monoisotopic (exact) mass is 533 g/mol. The third-order valence-electron chi connectivity index (χ3n) is 6.51. The van der Waals surface area contributed by atoms with Crippen LogP contribution in [0.1, 0.15) is 75.1 Å². The van der Waals surface area contributed by atoms with E-state index >= 15 is 0 Å². The molecule has 2 aliphatic heterocycles. The summed E-state index contributed by atoms with van der Waals surface area (Å²) in [6.45, 7) is 11.6. The first kappa shape index (κ1) is 29.3. The normalized spacial score (nSPS) is 18.3. The second-order valence-corrected chi connectivity index (χ2v) is 11.3. The van der Waals surface area contributed by atoms with Gasteiger partial charge in [-0.1, -0.05) is 38.5 Å². The molecule has 2 heterocycles. The number of esters is 3. The molecular formula is C29H37F2NO6. The molecule has 38 heavy (non-hydrogen) atoms. The third kappa shape index (κ3) is 7.20. The van der Waals surface area contributed by atoms with Crippen LogP contribution >= 0.6 is 0 Å². The van der Waals surface area contributed by atoms with Crippen molar-refractivity contribution >= 4 is 23.5 Å². The van der Waals surface area contributed by atoms with Crippen LogP contribution in [0.4, 0.5) is 8.78 Å². The van der Waals surface area contributed by atoms with E-state index in [1.807, 2.05) is 41.5 Å². The Hall–Kier alpha value is -3.23. The molecule has 0 unspecified atom stereocenters. The highest BCUT2D eigenvalue weighted by atomic mass is 19.3. The van der Waals surface area contributed by atoms with Crippen molar-refractivity contribution < 1.29 is 37.4 Å². The minimum absolute atomic E-state index is 0.0750. The number of rotatable bonds is 6. The molecule has 1 spiro atoms. The van der Waals surface area contributed by atoms with Crippen LogP contribution in [-0.2, 0) is 28.6 Å². The zero-order chi connectivity index (χ0) is 28.3. The van der Waals surface area contributed by atoms with Crippen LogP contribution in [0.2, 0.25) is 0 Å². The van der Waals surface area contributed by atoms with Gasteiger partial charge in [0.2, 0.25) is 0 Å². The van der Waals surface area contributed by atoms with Gasteiger partial charge in [-0.25, -0.2) is 18.4 Å². The SMILES string of the molecule is Cc1cc(C)c(C2=C(OC(=O)CC(C)(C)C)C3(CCCC3)OC2=O)c(C)c1.O=C1C=C(NCC(F)F)CO1. The fourth-order valence-corrected chi connectivity index (χ4v) is 5.07. The van der Waals surface area contributed by atoms with Gasteiger partial charge in [0.25, 0.3) is 6.43 Å². The van der Waals surface area contributed by atoms with Crippen molar-refractivity contribution in [2.24, 2.45) is 5.41 Å². The van der Waals surface area contributed by atoms with Crippen LogP contribution in [0.5, 0.6) is 0 Å². The van der Waals surface area contributed by atoms with Crippen LogP contribution in [-0.4, -0.2) is 43.1 Å². The smallest absolute Gasteiger partial charge is 0.343 e. The van der Waals surface area contributed by atoms with Gasteiger partial charge in [0.1, 0.15) is 12.2 Å². The number of ether oxygens (including phenoxy) is 3. The van der Waals surface area contributed by atoms with Gasteiger partial charge < -0.3 is 19.5 Å². The van der Waals surface area contributed by atoms with Crippen LogP contribution in [0.25, 0.3) is 5.57 Å². The first-order valence-electron chi connectivity index (χ1n) is 12.9. The summed E-state index contributed by atoms with van der Waals surface area (Å²) in [6, 6.07) is 4.10. The van der Waals surface area contributed by atoms with E-state index in [1.54, 1.807) is 0 Å². The first-order valence-corrected chi connectivity index (χ1v) is 12.9. The predicted molar refractivity (Wildman–Crippen MR) is 138 cm³/mol. The number of aryl methyl sites for hydroxylation is 3. The summed E-state index contributed by atoms with van der Waals surface area (Å²) in [7, 11) is 0. The summed E-state index contributed by atoms with van der Waals surface area (Å²) in [4.78, 5) is 35.9. The van der Waals surface area contributed by atoms with Gasteiger partial charge in [-0.15, -0.1) is 0 Å². The number of carbonyl (C=O) groups excluding carboxylic acids is 3. The molecule has 1 aliphatic carbocycles. The van der Waals surface area contributed by atoms with Crippen molar-refractivity contribution in [3.8, 4) is 0 Å². The Morgan fingerprint density at radius 1 is 1.11 bits per heavy atom. The molecule has 0 radical (unpaired) electrons.